The largest absolute Gasteiger partial charge is 0.396 e. The molecule has 0 spiro atoms. The lowest BCUT2D eigenvalue weighted by molar-refractivity contribution is -0.120. The molecule has 6 heteroatoms. The van der Waals surface area contributed by atoms with Crippen LogP contribution in [0.1, 0.15) is 11.8 Å². The van der Waals surface area contributed by atoms with Gasteiger partial charge in [-0.2, -0.15) is 0 Å². The number of nitrogens with one attached hydrogen (secondary N) is 1. The summed E-state index contributed by atoms with van der Waals surface area (Å²) in [5, 5.41) is 4.76. The zero-order valence-corrected chi connectivity index (χ0v) is 12.8. The Morgan fingerprint density at radius 2 is 2.24 bits per heavy atom. The van der Waals surface area contributed by atoms with Crippen LogP contribution < -0.4 is 11.1 Å². The first-order valence-corrected chi connectivity index (χ1v) is 7.44. The number of hydrogen-bond donors (Lipinski definition) is 2. The Kier molecular flexibility index (Phi) is 4.93. The van der Waals surface area contributed by atoms with E-state index in [0.29, 0.717) is 12.2 Å². The number of carbonyl (C=O) groups is 1. The molecular weight excluding hydrogens is 289 g/mol. The number of likely N-dealkylation sites (N-methyl/N-ethyl adjacent to an activating group) is 1. The van der Waals surface area contributed by atoms with Crippen molar-refractivity contribution in [2.75, 3.05) is 18.1 Å². The van der Waals surface area contributed by atoms with Crippen molar-refractivity contribution in [2.24, 2.45) is 0 Å². The van der Waals surface area contributed by atoms with Gasteiger partial charge in [-0.15, -0.1) is 11.3 Å². The Labute approximate surface area is 127 Å². The normalized spacial score (nSPS) is 12.4. The number of rotatable bonds is 5. The Bertz CT molecular complexity index is 615. The van der Waals surface area contributed by atoms with Gasteiger partial charge in [0.05, 0.1) is 11.7 Å². The minimum atomic E-state index is -0.490. The number of amides is 1. The molecule has 0 bridgehead atoms. The van der Waals surface area contributed by atoms with E-state index in [2.05, 4.69) is 5.32 Å². The Hall–Kier alpha value is -1.92. The smallest absolute Gasteiger partial charge is 0.241 e. The number of benzene rings is 1. The van der Waals surface area contributed by atoms with Gasteiger partial charge in [0.2, 0.25) is 5.91 Å². The molecule has 0 radical (unpaired) electrons. The molecule has 1 atom stereocenters. The van der Waals surface area contributed by atoms with Crippen LogP contribution in [0.2, 0.25) is 0 Å². The summed E-state index contributed by atoms with van der Waals surface area (Å²) in [5.41, 5.74) is 6.00. The predicted octanol–water partition coefficient (Wildman–Crippen LogP) is 2.93. The van der Waals surface area contributed by atoms with Gasteiger partial charge in [0.15, 0.2) is 0 Å². The van der Waals surface area contributed by atoms with Crippen molar-refractivity contribution in [1.29, 1.82) is 0 Å². The van der Waals surface area contributed by atoms with Gasteiger partial charge < -0.3 is 11.1 Å². The number of nitrogen functional groups attached to an aromatic ring is 1. The lowest BCUT2D eigenvalue weighted by Gasteiger charge is -2.23. The maximum absolute atomic E-state index is 13.1. The molecule has 1 aromatic carbocycles. The number of hydrogen-bond acceptors (Lipinski definition) is 4. The summed E-state index contributed by atoms with van der Waals surface area (Å²) in [6.07, 6.45) is 0. The molecule has 4 nitrogen and oxygen atoms in total. The third-order valence-corrected chi connectivity index (χ3v) is 4.15. The molecule has 21 heavy (non-hydrogen) atoms. The highest BCUT2D eigenvalue weighted by atomic mass is 32.1. The molecule has 3 N–H and O–H groups in total. The molecule has 2 aromatic rings. The van der Waals surface area contributed by atoms with Gasteiger partial charge in [-0.1, -0.05) is 6.07 Å². The van der Waals surface area contributed by atoms with E-state index < -0.39 is 5.82 Å². The van der Waals surface area contributed by atoms with Gasteiger partial charge in [0, 0.05) is 17.1 Å². The van der Waals surface area contributed by atoms with E-state index in [1.54, 1.807) is 11.3 Å². The van der Waals surface area contributed by atoms with Crippen LogP contribution in [-0.2, 0) is 11.3 Å². The first-order valence-electron chi connectivity index (χ1n) is 6.56. The van der Waals surface area contributed by atoms with Crippen molar-refractivity contribution < 1.29 is 9.18 Å². The third kappa shape index (κ3) is 4.03. The SMILES string of the molecule is CC(C(=O)Nc1ccc(F)c(N)c1)N(C)Cc1cccs1. The Balaban J connectivity index is 1.96. The summed E-state index contributed by atoms with van der Waals surface area (Å²) >= 11 is 1.66. The highest BCUT2D eigenvalue weighted by Gasteiger charge is 2.18. The van der Waals surface area contributed by atoms with Crippen molar-refractivity contribution in [2.45, 2.75) is 19.5 Å². The standard InChI is InChI=1S/C15H18FN3OS/c1-10(19(2)9-12-4-3-7-21-12)15(20)18-11-5-6-13(16)14(17)8-11/h3-8,10H,9,17H2,1-2H3,(H,18,20). The maximum atomic E-state index is 13.1. The molecule has 0 aliphatic carbocycles. The second-order valence-electron chi connectivity index (χ2n) is 4.90. The van der Waals surface area contributed by atoms with E-state index in [-0.39, 0.29) is 17.6 Å². The van der Waals surface area contributed by atoms with Gasteiger partial charge in [0.25, 0.3) is 0 Å². The monoisotopic (exact) mass is 307 g/mol. The van der Waals surface area contributed by atoms with Crippen molar-refractivity contribution >= 4 is 28.6 Å². The molecule has 2 rings (SSSR count). The third-order valence-electron chi connectivity index (χ3n) is 3.29. The molecule has 1 heterocycles. The first kappa shape index (κ1) is 15.5. The van der Waals surface area contributed by atoms with Crippen molar-refractivity contribution in [3.05, 3.63) is 46.4 Å². The molecule has 1 unspecified atom stereocenters. The summed E-state index contributed by atoms with van der Waals surface area (Å²) in [5.74, 6) is -0.643. The molecule has 0 fully saturated rings. The van der Waals surface area contributed by atoms with Crippen LogP contribution in [-0.4, -0.2) is 23.9 Å². The molecule has 0 saturated carbocycles. The maximum Gasteiger partial charge on any atom is 0.241 e. The lowest BCUT2D eigenvalue weighted by Crippen LogP contribution is -2.39. The number of halogens is 1. The van der Waals surface area contributed by atoms with Gasteiger partial charge in [-0.3, -0.25) is 9.69 Å². The fourth-order valence-electron chi connectivity index (χ4n) is 1.85. The lowest BCUT2D eigenvalue weighted by atomic mass is 10.2. The quantitative estimate of drug-likeness (QED) is 0.835. The van der Waals surface area contributed by atoms with E-state index >= 15 is 0 Å². The summed E-state index contributed by atoms with van der Waals surface area (Å²) in [6, 6.07) is 7.87. The number of nitrogens with two attached hydrogens (primary N) is 1. The minimum absolute atomic E-state index is 0.0207. The van der Waals surface area contributed by atoms with Crippen molar-refractivity contribution in [3.8, 4) is 0 Å². The number of carbonyl (C=O) groups excluding carboxylic acids is 1. The number of nitrogens with zero attached hydrogens (tertiary/aromatic N) is 1. The highest BCUT2D eigenvalue weighted by molar-refractivity contribution is 7.09. The van der Waals surface area contributed by atoms with Gasteiger partial charge in [0.1, 0.15) is 5.82 Å². The fourth-order valence-corrected chi connectivity index (χ4v) is 2.62. The highest BCUT2D eigenvalue weighted by Crippen LogP contribution is 2.17. The summed E-state index contributed by atoms with van der Waals surface area (Å²) in [4.78, 5) is 15.3. The molecule has 112 valence electrons. The molecule has 1 amide bonds. The number of thiophene rings is 1. The van der Waals surface area contributed by atoms with E-state index in [0.717, 1.165) is 0 Å². The van der Waals surface area contributed by atoms with E-state index in [1.807, 2.05) is 36.4 Å². The molecule has 0 aliphatic heterocycles. The molecule has 1 aromatic heterocycles. The van der Waals surface area contributed by atoms with Crippen LogP contribution in [0.4, 0.5) is 15.8 Å². The van der Waals surface area contributed by atoms with Crippen LogP contribution in [0.5, 0.6) is 0 Å². The van der Waals surface area contributed by atoms with Crippen LogP contribution >= 0.6 is 11.3 Å². The van der Waals surface area contributed by atoms with Crippen LogP contribution in [0.25, 0.3) is 0 Å². The molecule has 0 aliphatic rings. The van der Waals surface area contributed by atoms with Gasteiger partial charge in [-0.25, -0.2) is 4.39 Å². The fraction of sp³-hybridized carbons (Fsp3) is 0.267. The second kappa shape index (κ2) is 6.69. The van der Waals surface area contributed by atoms with Crippen LogP contribution in [0.3, 0.4) is 0 Å². The zero-order valence-electron chi connectivity index (χ0n) is 12.0. The molecule has 0 saturated heterocycles. The van der Waals surface area contributed by atoms with E-state index in [4.69, 9.17) is 5.73 Å². The number of anilines is 2. The topological polar surface area (TPSA) is 58.4 Å². The van der Waals surface area contributed by atoms with Crippen LogP contribution in [0, 0.1) is 5.82 Å². The van der Waals surface area contributed by atoms with Crippen molar-refractivity contribution in [1.82, 2.24) is 4.90 Å². The average Bonchev–Trinajstić information content (AvgIpc) is 2.94. The van der Waals surface area contributed by atoms with Gasteiger partial charge in [-0.05, 0) is 43.6 Å². The van der Waals surface area contributed by atoms with E-state index in [1.165, 1.54) is 23.1 Å². The summed E-state index contributed by atoms with van der Waals surface area (Å²) < 4.78 is 13.1. The summed E-state index contributed by atoms with van der Waals surface area (Å²) in [7, 11) is 1.89. The molecular formula is C15H18FN3OS. The Morgan fingerprint density at radius 3 is 2.86 bits per heavy atom. The summed E-state index contributed by atoms with van der Waals surface area (Å²) in [6.45, 7) is 2.54. The first-order chi connectivity index (χ1) is 9.97. The average molecular weight is 307 g/mol. The van der Waals surface area contributed by atoms with Crippen molar-refractivity contribution in [3.63, 3.8) is 0 Å². The van der Waals surface area contributed by atoms with Gasteiger partial charge >= 0.3 is 0 Å². The van der Waals surface area contributed by atoms with E-state index in [9.17, 15) is 9.18 Å². The zero-order chi connectivity index (χ0) is 15.4. The Morgan fingerprint density at radius 1 is 1.48 bits per heavy atom. The predicted molar refractivity (Wildman–Crippen MR) is 84.7 cm³/mol. The second-order valence-corrected chi connectivity index (χ2v) is 5.93. The van der Waals surface area contributed by atoms with Crippen LogP contribution in [0.15, 0.2) is 35.7 Å². The minimum Gasteiger partial charge on any atom is -0.396 e.